The lowest BCUT2D eigenvalue weighted by Crippen LogP contribution is -2.59. The van der Waals surface area contributed by atoms with E-state index < -0.39 is 21.4 Å². The van der Waals surface area contributed by atoms with Gasteiger partial charge in [0.05, 0.1) is 35.7 Å². The van der Waals surface area contributed by atoms with Crippen LogP contribution in [0.4, 0.5) is 10.1 Å². The summed E-state index contributed by atoms with van der Waals surface area (Å²) in [6.45, 7) is 2.37. The smallest absolute Gasteiger partial charge is 0.242 e. The minimum atomic E-state index is -3.76. The summed E-state index contributed by atoms with van der Waals surface area (Å²) in [5, 5.41) is 8.89. The molecule has 8 nitrogen and oxygen atoms in total. The molecule has 1 fully saturated rings. The summed E-state index contributed by atoms with van der Waals surface area (Å²) >= 11 is 0. The van der Waals surface area contributed by atoms with Gasteiger partial charge < -0.3 is 15.0 Å². The molecule has 1 aliphatic rings. The van der Waals surface area contributed by atoms with E-state index in [-0.39, 0.29) is 22.0 Å². The number of aliphatic imine (C=N–C) groups is 1. The second-order valence-corrected chi connectivity index (χ2v) is 8.29. The average Bonchev–Trinajstić information content (AvgIpc) is 2.97. The molecule has 0 atom stereocenters. The first kappa shape index (κ1) is 19.0. The molecule has 27 heavy (non-hydrogen) atoms. The number of amidine groups is 1. The fourth-order valence-electron chi connectivity index (χ4n) is 2.65. The van der Waals surface area contributed by atoms with Gasteiger partial charge in [0.2, 0.25) is 10.0 Å². The monoisotopic (exact) mass is 391 g/mol. The predicted molar refractivity (Wildman–Crippen MR) is 96.5 cm³/mol. The van der Waals surface area contributed by atoms with Crippen molar-refractivity contribution in [1.82, 2.24) is 9.29 Å². The van der Waals surface area contributed by atoms with E-state index in [0.29, 0.717) is 18.9 Å². The van der Waals surface area contributed by atoms with Gasteiger partial charge >= 0.3 is 0 Å². The third kappa shape index (κ3) is 3.85. The van der Waals surface area contributed by atoms with Crippen LogP contribution in [-0.2, 0) is 21.8 Å². The number of rotatable bonds is 5. The highest BCUT2D eigenvalue weighted by Crippen LogP contribution is 2.22. The Labute approximate surface area is 156 Å². The summed E-state index contributed by atoms with van der Waals surface area (Å²) in [6, 6.07) is 6.90. The van der Waals surface area contributed by atoms with Gasteiger partial charge in [0.25, 0.3) is 0 Å². The van der Waals surface area contributed by atoms with E-state index in [1.807, 2.05) is 0 Å². The lowest BCUT2D eigenvalue weighted by Gasteiger charge is -2.38. The minimum Gasteiger partial charge on any atom is -0.382 e. The van der Waals surface area contributed by atoms with E-state index in [0.717, 1.165) is 6.07 Å². The molecule has 0 spiro atoms. The summed E-state index contributed by atoms with van der Waals surface area (Å²) in [6.07, 6.45) is 1.42. The first-order chi connectivity index (χ1) is 12.6. The maximum Gasteiger partial charge on any atom is 0.242 e. The topological polar surface area (TPSA) is 122 Å². The second-order valence-electron chi connectivity index (χ2n) is 6.60. The molecular formula is C17H18FN5O3S. The third-order valence-corrected chi connectivity index (χ3v) is 5.70. The number of sulfonamides is 1. The van der Waals surface area contributed by atoms with Crippen LogP contribution in [0.1, 0.15) is 18.2 Å². The zero-order chi connectivity index (χ0) is 19.8. The van der Waals surface area contributed by atoms with Crippen LogP contribution < -0.4 is 10.5 Å². The van der Waals surface area contributed by atoms with Gasteiger partial charge in [-0.1, -0.05) is 0 Å². The summed E-state index contributed by atoms with van der Waals surface area (Å²) in [5.41, 5.74) is 5.87. The molecule has 1 aliphatic heterocycles. The highest BCUT2D eigenvalue weighted by atomic mass is 32.2. The normalized spacial score (nSPS) is 16.6. The van der Waals surface area contributed by atoms with Crippen molar-refractivity contribution < 1.29 is 17.5 Å². The van der Waals surface area contributed by atoms with Crippen molar-refractivity contribution in [1.29, 1.82) is 5.26 Å². The van der Waals surface area contributed by atoms with E-state index in [4.69, 9.17) is 15.7 Å². The molecule has 1 aromatic carbocycles. The number of aromatic nitrogens is 1. The maximum atomic E-state index is 13.4. The summed E-state index contributed by atoms with van der Waals surface area (Å²) in [4.78, 5) is 4.20. The van der Waals surface area contributed by atoms with Crippen LogP contribution in [0.25, 0.3) is 0 Å². The largest absolute Gasteiger partial charge is 0.382 e. The van der Waals surface area contributed by atoms with Crippen LogP contribution in [0, 0.1) is 17.1 Å². The Morgan fingerprint density at radius 3 is 2.74 bits per heavy atom. The van der Waals surface area contributed by atoms with Gasteiger partial charge in [-0.15, -0.1) is 0 Å². The molecule has 2 aromatic rings. The van der Waals surface area contributed by atoms with Crippen LogP contribution in [0.5, 0.6) is 0 Å². The molecule has 0 aliphatic carbocycles. The molecule has 3 rings (SSSR count). The standard InChI is InChI=1S/C17H18FN5O3S/c1-17(9-26-10-17)22-27(24,25)13-6-15(23(2)8-13)16(20)21-12-3-4-14(18)11(5-12)7-19/h3-6,8,22H,9-10H2,1-2H3,(H2,20,21). The Bertz CT molecular complexity index is 1060. The number of nitrogens with two attached hydrogens (primary N) is 1. The molecule has 3 N–H and O–H groups in total. The van der Waals surface area contributed by atoms with E-state index in [1.165, 1.54) is 29.0 Å². The van der Waals surface area contributed by atoms with Crippen molar-refractivity contribution in [2.45, 2.75) is 17.4 Å². The molecule has 142 valence electrons. The average molecular weight is 391 g/mol. The van der Waals surface area contributed by atoms with Crippen LogP contribution in [0.3, 0.4) is 0 Å². The molecular weight excluding hydrogens is 373 g/mol. The molecule has 0 amide bonds. The third-order valence-electron chi connectivity index (χ3n) is 4.09. The van der Waals surface area contributed by atoms with Crippen molar-refractivity contribution in [2.75, 3.05) is 13.2 Å². The number of nitrogens with one attached hydrogen (secondary N) is 1. The van der Waals surface area contributed by atoms with Crippen molar-refractivity contribution in [3.63, 3.8) is 0 Å². The van der Waals surface area contributed by atoms with Crippen LogP contribution in [0.2, 0.25) is 0 Å². The fraction of sp³-hybridized carbons (Fsp3) is 0.294. The van der Waals surface area contributed by atoms with Crippen molar-refractivity contribution >= 4 is 21.5 Å². The highest BCUT2D eigenvalue weighted by Gasteiger charge is 2.38. The number of ether oxygens (including phenoxy) is 1. The number of nitrogens with zero attached hydrogens (tertiary/aromatic N) is 3. The van der Waals surface area contributed by atoms with E-state index in [2.05, 4.69) is 9.71 Å². The Kier molecular flexibility index (Phi) is 4.77. The molecule has 1 aromatic heterocycles. The number of hydrogen-bond donors (Lipinski definition) is 2. The number of halogens is 1. The first-order valence-corrected chi connectivity index (χ1v) is 9.44. The van der Waals surface area contributed by atoms with Crippen molar-refractivity contribution in [3.8, 4) is 6.07 Å². The van der Waals surface area contributed by atoms with Gasteiger partial charge in [0.15, 0.2) is 0 Å². The number of hydrogen-bond acceptors (Lipinski definition) is 5. The molecule has 0 unspecified atom stereocenters. The molecule has 1 saturated heterocycles. The molecule has 2 heterocycles. The minimum absolute atomic E-state index is 0.0348. The summed E-state index contributed by atoms with van der Waals surface area (Å²) in [7, 11) is -2.12. The lowest BCUT2D eigenvalue weighted by molar-refractivity contribution is -0.0523. The van der Waals surface area contributed by atoms with Gasteiger partial charge in [0, 0.05) is 13.2 Å². The van der Waals surface area contributed by atoms with E-state index >= 15 is 0 Å². The first-order valence-electron chi connectivity index (χ1n) is 7.96. The maximum absolute atomic E-state index is 13.4. The highest BCUT2D eigenvalue weighted by molar-refractivity contribution is 7.89. The Hall–Kier alpha value is -2.74. The predicted octanol–water partition coefficient (Wildman–Crippen LogP) is 1.14. The van der Waals surface area contributed by atoms with Crippen molar-refractivity contribution in [2.24, 2.45) is 17.8 Å². The van der Waals surface area contributed by atoms with Gasteiger partial charge in [-0.2, -0.15) is 5.26 Å². The van der Waals surface area contributed by atoms with Gasteiger partial charge in [0.1, 0.15) is 22.6 Å². The molecule has 10 heteroatoms. The van der Waals surface area contributed by atoms with Crippen LogP contribution in [-0.4, -0.2) is 37.6 Å². The fourth-order valence-corrected chi connectivity index (χ4v) is 4.10. The van der Waals surface area contributed by atoms with Crippen LogP contribution >= 0.6 is 0 Å². The zero-order valence-corrected chi connectivity index (χ0v) is 15.5. The second kappa shape index (κ2) is 6.77. The zero-order valence-electron chi connectivity index (χ0n) is 14.7. The quantitative estimate of drug-likeness (QED) is 0.584. The lowest BCUT2D eigenvalue weighted by atomic mass is 10.0. The summed E-state index contributed by atoms with van der Waals surface area (Å²) in [5.74, 6) is -0.616. The Morgan fingerprint density at radius 2 is 2.15 bits per heavy atom. The van der Waals surface area contributed by atoms with Crippen molar-refractivity contribution in [3.05, 3.63) is 47.5 Å². The van der Waals surface area contributed by atoms with E-state index in [1.54, 1.807) is 20.0 Å². The van der Waals surface area contributed by atoms with Gasteiger partial charge in [-0.25, -0.2) is 22.5 Å². The molecule has 0 bridgehead atoms. The van der Waals surface area contributed by atoms with Crippen LogP contribution in [0.15, 0.2) is 40.4 Å². The van der Waals surface area contributed by atoms with Gasteiger partial charge in [-0.05, 0) is 31.2 Å². The molecule has 0 saturated carbocycles. The number of aryl methyl sites for hydroxylation is 1. The van der Waals surface area contributed by atoms with Gasteiger partial charge in [-0.3, -0.25) is 0 Å². The summed E-state index contributed by atoms with van der Waals surface area (Å²) < 4.78 is 47.7. The SMILES string of the molecule is Cn1cc(S(=O)(=O)NC2(C)COC2)cc1C(N)=Nc1ccc(F)c(C#N)c1. The van der Waals surface area contributed by atoms with E-state index in [9.17, 15) is 12.8 Å². The Morgan fingerprint density at radius 1 is 1.44 bits per heavy atom. The number of nitriles is 1. The number of benzene rings is 1. The molecule has 0 radical (unpaired) electrons. The Balaban J connectivity index is 1.91.